The van der Waals surface area contributed by atoms with E-state index in [2.05, 4.69) is 44.1 Å². The summed E-state index contributed by atoms with van der Waals surface area (Å²) in [5, 5.41) is 23.3. The van der Waals surface area contributed by atoms with Gasteiger partial charge in [0.1, 0.15) is 6.29 Å². The molecule has 9 nitrogen and oxygen atoms in total. The zero-order chi connectivity index (χ0) is 19.1. The van der Waals surface area contributed by atoms with Crippen molar-refractivity contribution in [2.24, 2.45) is 0 Å². The van der Waals surface area contributed by atoms with Gasteiger partial charge in [0.15, 0.2) is 0 Å². The summed E-state index contributed by atoms with van der Waals surface area (Å²) in [5.41, 5.74) is 0. The molecule has 0 spiro atoms. The molecule has 5 atom stereocenters. The second kappa shape index (κ2) is 10.5. The lowest BCUT2D eigenvalue weighted by molar-refractivity contribution is 0.0601. The minimum atomic E-state index is -0.240. The van der Waals surface area contributed by atoms with Gasteiger partial charge in [0.2, 0.25) is 0 Å². The van der Waals surface area contributed by atoms with Gasteiger partial charge in [0.25, 0.3) is 0 Å². The van der Waals surface area contributed by atoms with Gasteiger partial charge in [-0.15, -0.1) is 0 Å². The molecule has 2 heterocycles. The van der Waals surface area contributed by atoms with Crippen LogP contribution in [0, 0.1) is 0 Å². The summed E-state index contributed by atoms with van der Waals surface area (Å²) in [5.74, 6) is 0. The predicted octanol–water partition coefficient (Wildman–Crippen LogP) is -0.677. The van der Waals surface area contributed by atoms with Gasteiger partial charge in [0, 0.05) is 32.3 Å². The van der Waals surface area contributed by atoms with E-state index in [0.29, 0.717) is 12.2 Å². The standard InChI is InChI=1S/C18H37N7O2/c1-12-10-16(19-7-6-15-20-8-9-21-15)24-17(22-12)25-18(26)23-13-4-3-5-14(11-13)27-2/h12-17,19-22,24H,3-11H2,1-2H3,(H2,23,25,26). The van der Waals surface area contributed by atoms with Crippen LogP contribution in [-0.2, 0) is 4.74 Å². The van der Waals surface area contributed by atoms with Gasteiger partial charge in [0.05, 0.1) is 18.4 Å². The van der Waals surface area contributed by atoms with E-state index in [4.69, 9.17) is 4.74 Å². The molecule has 0 aromatic heterocycles. The van der Waals surface area contributed by atoms with Crippen LogP contribution in [0.15, 0.2) is 0 Å². The average Bonchev–Trinajstić information content (AvgIpc) is 3.14. The molecule has 3 rings (SSSR count). The Morgan fingerprint density at radius 1 is 1.11 bits per heavy atom. The van der Waals surface area contributed by atoms with Gasteiger partial charge in [-0.3, -0.25) is 10.6 Å². The normalized spacial score (nSPS) is 35.1. The second-order valence-electron chi connectivity index (χ2n) is 8.00. The van der Waals surface area contributed by atoms with Crippen LogP contribution in [0.25, 0.3) is 0 Å². The van der Waals surface area contributed by atoms with Crippen LogP contribution in [0.5, 0.6) is 0 Å². The molecule has 5 unspecified atom stereocenters. The van der Waals surface area contributed by atoms with Crippen molar-refractivity contribution >= 4 is 6.03 Å². The van der Waals surface area contributed by atoms with Gasteiger partial charge >= 0.3 is 6.03 Å². The molecule has 1 aliphatic carbocycles. The Balaban J connectivity index is 1.37. The molecule has 2 saturated heterocycles. The summed E-state index contributed by atoms with van der Waals surface area (Å²) in [6.45, 7) is 5.15. The van der Waals surface area contributed by atoms with Crippen molar-refractivity contribution in [2.45, 2.75) is 82.3 Å². The highest BCUT2D eigenvalue weighted by atomic mass is 16.5. The number of carbonyl (C=O) groups excluding carboxylic acids is 1. The highest BCUT2D eigenvalue weighted by Crippen LogP contribution is 2.20. The topological polar surface area (TPSA) is 111 Å². The Hall–Kier alpha value is -0.970. The van der Waals surface area contributed by atoms with Gasteiger partial charge in [-0.2, -0.15) is 0 Å². The van der Waals surface area contributed by atoms with Crippen LogP contribution in [0.2, 0.25) is 0 Å². The van der Waals surface area contributed by atoms with Crippen LogP contribution in [0.4, 0.5) is 4.79 Å². The van der Waals surface area contributed by atoms with Gasteiger partial charge in [-0.1, -0.05) is 0 Å². The van der Waals surface area contributed by atoms with Crippen molar-refractivity contribution < 1.29 is 9.53 Å². The quantitative estimate of drug-likeness (QED) is 0.312. The molecule has 0 aromatic rings. The Kier molecular flexibility index (Phi) is 8.10. The van der Waals surface area contributed by atoms with Gasteiger partial charge < -0.3 is 31.3 Å². The highest BCUT2D eigenvalue weighted by molar-refractivity contribution is 5.74. The Morgan fingerprint density at radius 2 is 1.93 bits per heavy atom. The number of hydrogen-bond acceptors (Lipinski definition) is 7. The Morgan fingerprint density at radius 3 is 2.70 bits per heavy atom. The number of urea groups is 1. The summed E-state index contributed by atoms with van der Waals surface area (Å²) in [6, 6.07) is 0.378. The maximum Gasteiger partial charge on any atom is 0.317 e. The molecule has 27 heavy (non-hydrogen) atoms. The highest BCUT2D eigenvalue weighted by Gasteiger charge is 2.28. The number of ether oxygens (including phenoxy) is 1. The van der Waals surface area contributed by atoms with Crippen molar-refractivity contribution in [2.75, 3.05) is 26.7 Å². The van der Waals surface area contributed by atoms with Crippen LogP contribution in [-0.4, -0.2) is 69.6 Å². The molecule has 2 amide bonds. The first-order chi connectivity index (χ1) is 13.1. The van der Waals surface area contributed by atoms with Crippen molar-refractivity contribution in [1.29, 1.82) is 0 Å². The molecule has 0 bridgehead atoms. The lowest BCUT2D eigenvalue weighted by Crippen LogP contribution is -2.68. The molecule has 0 aromatic carbocycles. The van der Waals surface area contributed by atoms with Crippen LogP contribution in [0.1, 0.15) is 45.4 Å². The van der Waals surface area contributed by atoms with E-state index in [1.54, 1.807) is 7.11 Å². The summed E-state index contributed by atoms with van der Waals surface area (Å²) in [7, 11) is 1.75. The first-order valence-electron chi connectivity index (χ1n) is 10.4. The zero-order valence-corrected chi connectivity index (χ0v) is 16.6. The predicted molar refractivity (Wildman–Crippen MR) is 105 cm³/mol. The summed E-state index contributed by atoms with van der Waals surface area (Å²) in [6.07, 6.45) is 6.70. The summed E-state index contributed by atoms with van der Waals surface area (Å²) >= 11 is 0. The van der Waals surface area contributed by atoms with Crippen molar-refractivity contribution in [3.05, 3.63) is 0 Å². The lowest BCUT2D eigenvalue weighted by Gasteiger charge is -2.37. The van der Waals surface area contributed by atoms with E-state index >= 15 is 0 Å². The number of carbonyl (C=O) groups is 1. The first kappa shape index (κ1) is 20.8. The molecule has 156 valence electrons. The maximum atomic E-state index is 12.4. The third-order valence-electron chi connectivity index (χ3n) is 5.71. The van der Waals surface area contributed by atoms with E-state index in [1.807, 2.05) is 0 Å². The average molecular weight is 384 g/mol. The number of amides is 2. The van der Waals surface area contributed by atoms with Gasteiger partial charge in [-0.05, 0) is 52.0 Å². The molecular weight excluding hydrogens is 346 g/mol. The van der Waals surface area contributed by atoms with E-state index in [9.17, 15) is 4.79 Å². The summed E-state index contributed by atoms with van der Waals surface area (Å²) < 4.78 is 5.44. The van der Waals surface area contributed by atoms with E-state index in [-0.39, 0.29) is 30.6 Å². The van der Waals surface area contributed by atoms with Crippen LogP contribution >= 0.6 is 0 Å². The minimum Gasteiger partial charge on any atom is -0.381 e. The molecule has 0 radical (unpaired) electrons. The second-order valence-corrected chi connectivity index (χ2v) is 8.00. The van der Waals surface area contributed by atoms with E-state index in [1.165, 1.54) is 0 Å². The molecule has 3 aliphatic rings. The smallest absolute Gasteiger partial charge is 0.317 e. The molecule has 2 aliphatic heterocycles. The number of methoxy groups -OCH3 is 1. The first-order valence-corrected chi connectivity index (χ1v) is 10.4. The Bertz CT molecular complexity index is 461. The fraction of sp³-hybridized carbons (Fsp3) is 0.944. The maximum absolute atomic E-state index is 12.4. The molecule has 9 heteroatoms. The van der Waals surface area contributed by atoms with Gasteiger partial charge in [-0.25, -0.2) is 4.79 Å². The minimum absolute atomic E-state index is 0.131. The molecular formula is C18H37N7O2. The number of rotatable bonds is 7. The van der Waals surface area contributed by atoms with Crippen molar-refractivity contribution in [3.63, 3.8) is 0 Å². The molecule has 7 N–H and O–H groups in total. The van der Waals surface area contributed by atoms with E-state index < -0.39 is 0 Å². The monoisotopic (exact) mass is 383 g/mol. The third kappa shape index (κ3) is 6.85. The van der Waals surface area contributed by atoms with Crippen molar-refractivity contribution in [1.82, 2.24) is 37.2 Å². The fourth-order valence-corrected chi connectivity index (χ4v) is 4.27. The fourth-order valence-electron chi connectivity index (χ4n) is 4.27. The Labute approximate surface area is 162 Å². The number of nitrogens with one attached hydrogen (secondary N) is 7. The molecule has 1 saturated carbocycles. The van der Waals surface area contributed by atoms with E-state index in [0.717, 1.165) is 58.2 Å². The largest absolute Gasteiger partial charge is 0.381 e. The lowest BCUT2D eigenvalue weighted by atomic mass is 9.93. The van der Waals surface area contributed by atoms with Crippen LogP contribution in [0.3, 0.4) is 0 Å². The zero-order valence-electron chi connectivity index (χ0n) is 16.6. The third-order valence-corrected chi connectivity index (χ3v) is 5.71. The molecule has 3 fully saturated rings. The summed E-state index contributed by atoms with van der Waals surface area (Å²) in [4.78, 5) is 12.4. The van der Waals surface area contributed by atoms with Crippen molar-refractivity contribution in [3.8, 4) is 0 Å². The van der Waals surface area contributed by atoms with Crippen LogP contribution < -0.4 is 37.2 Å². The number of hydrogen-bond donors (Lipinski definition) is 7. The SMILES string of the molecule is COC1CCCC(NC(=O)NC2NC(C)CC(NCCC3NCCN3)N2)C1.